The fourth-order valence-electron chi connectivity index (χ4n) is 1.45. The number of carbonyl (C=O) groups excluding carboxylic acids is 1. The molecule has 1 atom stereocenters. The van der Waals surface area contributed by atoms with Gasteiger partial charge in [-0.15, -0.1) is 11.3 Å². The Morgan fingerprint density at radius 3 is 3.00 bits per heavy atom. The predicted molar refractivity (Wildman–Crippen MR) is 67.4 cm³/mol. The zero-order chi connectivity index (χ0) is 10.8. The largest absolute Gasteiger partial charge is 0.369 e. The third kappa shape index (κ3) is 2.38. The number of nitrogens with two attached hydrogens (primary N) is 1. The molecule has 0 aliphatic carbocycles. The highest BCUT2D eigenvalue weighted by atomic mass is 79.9. The monoisotopic (exact) mass is 283 g/mol. The van der Waals surface area contributed by atoms with E-state index < -0.39 is 0 Å². The summed E-state index contributed by atoms with van der Waals surface area (Å²) in [5.41, 5.74) is 6.32. The van der Waals surface area contributed by atoms with E-state index in [0.29, 0.717) is 6.42 Å². The van der Waals surface area contributed by atoms with Crippen molar-refractivity contribution in [3.63, 3.8) is 0 Å². The molecule has 0 saturated heterocycles. The lowest BCUT2D eigenvalue weighted by atomic mass is 10.1. The van der Waals surface area contributed by atoms with Crippen molar-refractivity contribution in [2.24, 2.45) is 5.73 Å². The predicted octanol–water partition coefficient (Wildman–Crippen LogP) is 2.69. The van der Waals surface area contributed by atoms with E-state index in [-0.39, 0.29) is 10.7 Å². The lowest BCUT2D eigenvalue weighted by molar-refractivity contribution is -0.117. The zero-order valence-corrected chi connectivity index (χ0v) is 10.3. The van der Waals surface area contributed by atoms with Crippen molar-refractivity contribution in [2.75, 3.05) is 0 Å². The Balaban J connectivity index is 2.24. The molecule has 1 aromatic heterocycles. The Hall–Kier alpha value is -0.870. The highest BCUT2D eigenvalue weighted by molar-refractivity contribution is 9.10. The van der Waals surface area contributed by atoms with E-state index in [1.807, 2.05) is 6.07 Å². The molecule has 0 aliphatic rings. The van der Waals surface area contributed by atoms with Crippen LogP contribution >= 0.6 is 27.3 Å². The third-order valence-corrected chi connectivity index (χ3v) is 3.91. The molecule has 2 rings (SSSR count). The summed E-state index contributed by atoms with van der Waals surface area (Å²) in [5, 5.41) is 3.29. The maximum Gasteiger partial charge on any atom is 0.231 e. The van der Waals surface area contributed by atoms with Gasteiger partial charge in [0.15, 0.2) is 0 Å². The molecule has 1 heterocycles. The minimum absolute atomic E-state index is 0.284. The Kier molecular flexibility index (Phi) is 3.07. The second kappa shape index (κ2) is 4.33. The SMILES string of the molecule is NC(=O)C(Br)Cc1ccc2sccc2c1. The number of thiophene rings is 1. The van der Waals surface area contributed by atoms with Crippen LogP contribution in [-0.4, -0.2) is 10.7 Å². The first kappa shape index (κ1) is 10.6. The van der Waals surface area contributed by atoms with Gasteiger partial charge < -0.3 is 5.73 Å². The minimum Gasteiger partial charge on any atom is -0.369 e. The average Bonchev–Trinajstić information content (AvgIpc) is 2.64. The molecule has 4 heteroatoms. The normalized spacial score (nSPS) is 12.9. The summed E-state index contributed by atoms with van der Waals surface area (Å²) in [4.78, 5) is 10.6. The number of carbonyl (C=O) groups is 1. The lowest BCUT2D eigenvalue weighted by Gasteiger charge is -2.05. The van der Waals surface area contributed by atoms with Gasteiger partial charge in [-0.05, 0) is 34.9 Å². The number of hydrogen-bond acceptors (Lipinski definition) is 2. The van der Waals surface area contributed by atoms with Crippen molar-refractivity contribution in [3.8, 4) is 0 Å². The van der Waals surface area contributed by atoms with E-state index in [1.165, 1.54) is 10.1 Å². The van der Waals surface area contributed by atoms with Crippen molar-refractivity contribution in [3.05, 3.63) is 35.2 Å². The molecule has 2 nitrogen and oxygen atoms in total. The smallest absolute Gasteiger partial charge is 0.231 e. The van der Waals surface area contributed by atoms with Crippen LogP contribution in [0.1, 0.15) is 5.56 Å². The van der Waals surface area contributed by atoms with Crippen molar-refractivity contribution in [2.45, 2.75) is 11.2 Å². The molecule has 0 saturated carbocycles. The summed E-state index contributed by atoms with van der Waals surface area (Å²) in [6.45, 7) is 0. The van der Waals surface area contributed by atoms with Gasteiger partial charge in [0, 0.05) is 4.70 Å². The lowest BCUT2D eigenvalue weighted by Crippen LogP contribution is -2.24. The van der Waals surface area contributed by atoms with Crippen LogP contribution in [-0.2, 0) is 11.2 Å². The molecule has 2 N–H and O–H groups in total. The molecule has 0 spiro atoms. The Labute approximate surface area is 100 Å². The molecule has 0 bridgehead atoms. The highest BCUT2D eigenvalue weighted by Gasteiger charge is 2.11. The Bertz CT molecular complexity index is 494. The molecule has 1 amide bonds. The van der Waals surface area contributed by atoms with E-state index in [4.69, 9.17) is 5.73 Å². The summed E-state index contributed by atoms with van der Waals surface area (Å²) in [6, 6.07) is 8.30. The highest BCUT2D eigenvalue weighted by Crippen LogP contribution is 2.23. The molecule has 0 aliphatic heterocycles. The number of rotatable bonds is 3. The number of alkyl halides is 1. The van der Waals surface area contributed by atoms with Crippen LogP contribution in [0.15, 0.2) is 29.6 Å². The molecule has 15 heavy (non-hydrogen) atoms. The van der Waals surface area contributed by atoms with E-state index >= 15 is 0 Å². The fraction of sp³-hybridized carbons (Fsp3) is 0.182. The van der Waals surface area contributed by atoms with Crippen LogP contribution < -0.4 is 5.73 Å². The number of primary amides is 1. The molecule has 78 valence electrons. The van der Waals surface area contributed by atoms with E-state index in [9.17, 15) is 4.79 Å². The topological polar surface area (TPSA) is 43.1 Å². The number of hydrogen-bond donors (Lipinski definition) is 1. The summed E-state index contributed by atoms with van der Waals surface area (Å²) in [6.07, 6.45) is 0.640. The number of amides is 1. The second-order valence-electron chi connectivity index (χ2n) is 3.37. The third-order valence-electron chi connectivity index (χ3n) is 2.24. The number of benzene rings is 1. The van der Waals surface area contributed by atoms with Crippen LogP contribution in [0.2, 0.25) is 0 Å². The van der Waals surface area contributed by atoms with E-state index in [1.54, 1.807) is 11.3 Å². The van der Waals surface area contributed by atoms with Gasteiger partial charge in [-0.3, -0.25) is 4.79 Å². The summed E-state index contributed by atoms with van der Waals surface area (Å²) in [5.74, 6) is -0.319. The first-order chi connectivity index (χ1) is 7.16. The maximum atomic E-state index is 10.9. The number of halogens is 1. The van der Waals surface area contributed by atoms with Crippen molar-refractivity contribution < 1.29 is 4.79 Å². The van der Waals surface area contributed by atoms with Crippen LogP contribution in [0, 0.1) is 0 Å². The van der Waals surface area contributed by atoms with E-state index in [0.717, 1.165) is 5.56 Å². The minimum atomic E-state index is -0.319. The molecule has 1 aromatic carbocycles. The first-order valence-corrected chi connectivity index (χ1v) is 6.36. The first-order valence-electron chi connectivity index (χ1n) is 4.56. The Morgan fingerprint density at radius 2 is 2.27 bits per heavy atom. The van der Waals surface area contributed by atoms with Crippen LogP contribution in [0.25, 0.3) is 10.1 Å². The van der Waals surface area contributed by atoms with E-state index in [2.05, 4.69) is 39.5 Å². The quantitative estimate of drug-likeness (QED) is 0.865. The van der Waals surface area contributed by atoms with Gasteiger partial charge in [-0.2, -0.15) is 0 Å². The zero-order valence-electron chi connectivity index (χ0n) is 7.94. The van der Waals surface area contributed by atoms with Crippen LogP contribution in [0.5, 0.6) is 0 Å². The molecule has 0 radical (unpaired) electrons. The summed E-state index contributed by atoms with van der Waals surface area (Å²) < 4.78 is 1.27. The van der Waals surface area contributed by atoms with Crippen molar-refractivity contribution >= 4 is 43.3 Å². The van der Waals surface area contributed by atoms with Crippen LogP contribution in [0.4, 0.5) is 0 Å². The van der Waals surface area contributed by atoms with Crippen molar-refractivity contribution in [1.82, 2.24) is 0 Å². The molecular weight excluding hydrogens is 274 g/mol. The van der Waals surface area contributed by atoms with Gasteiger partial charge in [-0.1, -0.05) is 28.1 Å². The number of fused-ring (bicyclic) bond motifs is 1. The average molecular weight is 284 g/mol. The van der Waals surface area contributed by atoms with Gasteiger partial charge in [0.2, 0.25) is 5.91 Å². The second-order valence-corrected chi connectivity index (χ2v) is 5.42. The summed E-state index contributed by atoms with van der Waals surface area (Å²) in [7, 11) is 0. The summed E-state index contributed by atoms with van der Waals surface area (Å²) >= 11 is 4.98. The van der Waals surface area contributed by atoms with Crippen molar-refractivity contribution in [1.29, 1.82) is 0 Å². The molecule has 1 unspecified atom stereocenters. The fourth-order valence-corrected chi connectivity index (χ4v) is 2.60. The molecular formula is C11H10BrNOS. The Morgan fingerprint density at radius 1 is 1.47 bits per heavy atom. The molecule has 2 aromatic rings. The van der Waals surface area contributed by atoms with Gasteiger partial charge in [-0.25, -0.2) is 0 Å². The van der Waals surface area contributed by atoms with Gasteiger partial charge in [0.25, 0.3) is 0 Å². The standard InChI is InChI=1S/C11H10BrNOS/c12-9(11(13)14)6-7-1-2-10-8(5-7)3-4-15-10/h1-5,9H,6H2,(H2,13,14). The maximum absolute atomic E-state index is 10.9. The molecule has 0 fully saturated rings. The van der Waals surface area contributed by atoms with Gasteiger partial charge >= 0.3 is 0 Å². The van der Waals surface area contributed by atoms with Gasteiger partial charge in [0.1, 0.15) is 0 Å². The van der Waals surface area contributed by atoms with Gasteiger partial charge in [0.05, 0.1) is 4.83 Å². The van der Waals surface area contributed by atoms with Crippen LogP contribution in [0.3, 0.4) is 0 Å².